The molecule has 0 saturated carbocycles. The van der Waals surface area contributed by atoms with Crippen molar-refractivity contribution in [1.82, 2.24) is 5.32 Å². The predicted octanol–water partition coefficient (Wildman–Crippen LogP) is 5.14. The maximum absolute atomic E-state index is 3.79. The summed E-state index contributed by atoms with van der Waals surface area (Å²) in [6, 6.07) is 7.54. The van der Waals surface area contributed by atoms with Crippen molar-refractivity contribution >= 4 is 0 Å². The van der Waals surface area contributed by atoms with Crippen LogP contribution < -0.4 is 5.32 Å². The van der Waals surface area contributed by atoms with Crippen LogP contribution in [0.4, 0.5) is 0 Å². The van der Waals surface area contributed by atoms with Gasteiger partial charge in [-0.25, -0.2) is 0 Å². The standard InChI is InChI=1S/C19H33N/c1-7-12-20-19(15(6)14(4)5)18-13-16(8-2)10-11-17(18)9-3/h10-11,13-15,19-20H,7-9,12H2,1-6H3. The normalized spacial score (nSPS) is 14.6. The molecule has 2 unspecified atom stereocenters. The van der Waals surface area contributed by atoms with E-state index in [4.69, 9.17) is 0 Å². The van der Waals surface area contributed by atoms with Gasteiger partial charge in [-0.3, -0.25) is 0 Å². The van der Waals surface area contributed by atoms with E-state index >= 15 is 0 Å². The lowest BCUT2D eigenvalue weighted by Gasteiger charge is -2.30. The SMILES string of the molecule is CCCNC(c1cc(CC)ccc1CC)C(C)C(C)C. The first-order chi connectivity index (χ1) is 9.54. The van der Waals surface area contributed by atoms with E-state index in [1.54, 1.807) is 0 Å². The molecule has 0 bridgehead atoms. The van der Waals surface area contributed by atoms with Crippen molar-refractivity contribution in [3.63, 3.8) is 0 Å². The third-order valence-corrected chi connectivity index (χ3v) is 4.53. The Labute approximate surface area is 126 Å². The van der Waals surface area contributed by atoms with Crippen LogP contribution in [0.5, 0.6) is 0 Å². The second-order valence-electron chi connectivity index (χ2n) is 6.28. The molecule has 0 amide bonds. The Morgan fingerprint density at radius 1 is 1.00 bits per heavy atom. The molecule has 1 nitrogen and oxygen atoms in total. The van der Waals surface area contributed by atoms with E-state index in [1.165, 1.54) is 23.1 Å². The zero-order valence-corrected chi connectivity index (χ0v) is 14.3. The fourth-order valence-corrected chi connectivity index (χ4v) is 2.74. The molecule has 1 rings (SSSR count). The number of nitrogens with one attached hydrogen (secondary N) is 1. The van der Waals surface area contributed by atoms with E-state index in [-0.39, 0.29) is 0 Å². The smallest absolute Gasteiger partial charge is 0.0351 e. The molecule has 1 aromatic rings. The third kappa shape index (κ3) is 4.34. The van der Waals surface area contributed by atoms with Crippen molar-refractivity contribution in [2.45, 2.75) is 66.8 Å². The highest BCUT2D eigenvalue weighted by molar-refractivity contribution is 5.35. The minimum absolute atomic E-state index is 0.483. The highest BCUT2D eigenvalue weighted by Gasteiger charge is 2.23. The van der Waals surface area contributed by atoms with Gasteiger partial charge in [-0.05, 0) is 54.3 Å². The Morgan fingerprint density at radius 3 is 2.20 bits per heavy atom. The van der Waals surface area contributed by atoms with Crippen LogP contribution >= 0.6 is 0 Å². The second-order valence-corrected chi connectivity index (χ2v) is 6.28. The first kappa shape index (κ1) is 17.2. The average Bonchev–Trinajstić information content (AvgIpc) is 2.46. The molecular formula is C19H33N. The van der Waals surface area contributed by atoms with Crippen molar-refractivity contribution < 1.29 is 0 Å². The van der Waals surface area contributed by atoms with Gasteiger partial charge in [0.15, 0.2) is 0 Å². The van der Waals surface area contributed by atoms with Gasteiger partial charge in [0.05, 0.1) is 0 Å². The number of rotatable bonds is 8. The van der Waals surface area contributed by atoms with E-state index in [1.807, 2.05) is 0 Å². The number of benzene rings is 1. The van der Waals surface area contributed by atoms with Gasteiger partial charge >= 0.3 is 0 Å². The molecule has 0 radical (unpaired) electrons. The highest BCUT2D eigenvalue weighted by Crippen LogP contribution is 2.31. The molecule has 114 valence electrons. The molecule has 2 atom stereocenters. The molecule has 0 aliphatic rings. The summed E-state index contributed by atoms with van der Waals surface area (Å²) in [5, 5.41) is 3.79. The number of hydrogen-bond acceptors (Lipinski definition) is 1. The van der Waals surface area contributed by atoms with Crippen molar-refractivity contribution in [2.24, 2.45) is 11.8 Å². The average molecular weight is 275 g/mol. The molecule has 0 aliphatic carbocycles. The molecule has 0 saturated heterocycles. The largest absolute Gasteiger partial charge is 0.310 e. The minimum Gasteiger partial charge on any atom is -0.310 e. The lowest BCUT2D eigenvalue weighted by Crippen LogP contribution is -2.31. The molecule has 1 N–H and O–H groups in total. The molecular weight excluding hydrogens is 242 g/mol. The fraction of sp³-hybridized carbons (Fsp3) is 0.684. The zero-order valence-electron chi connectivity index (χ0n) is 14.3. The van der Waals surface area contributed by atoms with Crippen LogP contribution in [0.3, 0.4) is 0 Å². The van der Waals surface area contributed by atoms with Gasteiger partial charge in [-0.15, -0.1) is 0 Å². The van der Waals surface area contributed by atoms with Crippen LogP contribution in [-0.4, -0.2) is 6.54 Å². The Morgan fingerprint density at radius 2 is 1.70 bits per heavy atom. The summed E-state index contributed by atoms with van der Waals surface area (Å²) in [7, 11) is 0. The van der Waals surface area contributed by atoms with Crippen LogP contribution in [0.15, 0.2) is 18.2 Å². The van der Waals surface area contributed by atoms with Gasteiger partial charge in [0.25, 0.3) is 0 Å². The summed E-state index contributed by atoms with van der Waals surface area (Å²) in [5.41, 5.74) is 4.49. The van der Waals surface area contributed by atoms with Gasteiger partial charge in [0.2, 0.25) is 0 Å². The van der Waals surface area contributed by atoms with Crippen LogP contribution in [0.25, 0.3) is 0 Å². The van der Waals surface area contributed by atoms with Crippen LogP contribution in [0.1, 0.15) is 70.7 Å². The number of aryl methyl sites for hydroxylation is 2. The highest BCUT2D eigenvalue weighted by atomic mass is 14.9. The molecule has 20 heavy (non-hydrogen) atoms. The molecule has 0 spiro atoms. The first-order valence-corrected chi connectivity index (χ1v) is 8.40. The van der Waals surface area contributed by atoms with Gasteiger partial charge in [-0.1, -0.05) is 59.7 Å². The Bertz CT molecular complexity index is 395. The molecule has 0 heterocycles. The third-order valence-electron chi connectivity index (χ3n) is 4.53. The Balaban J connectivity index is 3.16. The van der Waals surface area contributed by atoms with E-state index < -0.39 is 0 Å². The van der Waals surface area contributed by atoms with E-state index in [0.29, 0.717) is 17.9 Å². The lowest BCUT2D eigenvalue weighted by atomic mass is 9.83. The van der Waals surface area contributed by atoms with Gasteiger partial charge < -0.3 is 5.32 Å². The summed E-state index contributed by atoms with van der Waals surface area (Å²) in [5.74, 6) is 1.35. The molecule has 0 aromatic heterocycles. The molecule has 0 fully saturated rings. The maximum Gasteiger partial charge on any atom is 0.0351 e. The maximum atomic E-state index is 3.79. The predicted molar refractivity (Wildman–Crippen MR) is 90.2 cm³/mol. The van der Waals surface area contributed by atoms with E-state index in [2.05, 4.69) is 65.1 Å². The molecule has 1 heteroatoms. The summed E-state index contributed by atoms with van der Waals surface area (Å²) in [4.78, 5) is 0. The van der Waals surface area contributed by atoms with Crippen molar-refractivity contribution in [2.75, 3.05) is 6.54 Å². The van der Waals surface area contributed by atoms with Gasteiger partial charge in [0.1, 0.15) is 0 Å². The zero-order chi connectivity index (χ0) is 15.1. The Hall–Kier alpha value is -0.820. The summed E-state index contributed by atoms with van der Waals surface area (Å²) >= 11 is 0. The molecule has 0 aliphatic heterocycles. The minimum atomic E-state index is 0.483. The topological polar surface area (TPSA) is 12.0 Å². The fourth-order valence-electron chi connectivity index (χ4n) is 2.74. The number of hydrogen-bond donors (Lipinski definition) is 1. The summed E-state index contributed by atoms with van der Waals surface area (Å²) in [6.45, 7) is 14.9. The van der Waals surface area contributed by atoms with Crippen molar-refractivity contribution in [3.8, 4) is 0 Å². The Kier molecular flexibility index (Phi) is 7.29. The summed E-state index contributed by atoms with van der Waals surface area (Å²) < 4.78 is 0. The van der Waals surface area contributed by atoms with Crippen molar-refractivity contribution in [3.05, 3.63) is 34.9 Å². The second kappa shape index (κ2) is 8.46. The van der Waals surface area contributed by atoms with Gasteiger partial charge in [0, 0.05) is 6.04 Å². The molecule has 1 aromatic carbocycles. The van der Waals surface area contributed by atoms with Crippen LogP contribution in [-0.2, 0) is 12.8 Å². The van der Waals surface area contributed by atoms with Gasteiger partial charge in [-0.2, -0.15) is 0 Å². The summed E-state index contributed by atoms with van der Waals surface area (Å²) in [6.07, 6.45) is 3.43. The quantitative estimate of drug-likeness (QED) is 0.692. The van der Waals surface area contributed by atoms with E-state index in [9.17, 15) is 0 Å². The lowest BCUT2D eigenvalue weighted by molar-refractivity contribution is 0.302. The monoisotopic (exact) mass is 275 g/mol. The van der Waals surface area contributed by atoms with Crippen LogP contribution in [0, 0.1) is 11.8 Å². The van der Waals surface area contributed by atoms with Crippen LogP contribution in [0.2, 0.25) is 0 Å². The van der Waals surface area contributed by atoms with E-state index in [0.717, 1.165) is 19.4 Å². The first-order valence-electron chi connectivity index (χ1n) is 8.40. The van der Waals surface area contributed by atoms with Crippen molar-refractivity contribution in [1.29, 1.82) is 0 Å².